The topological polar surface area (TPSA) is 0 Å². The fourth-order valence-electron chi connectivity index (χ4n) is 3.01. The molecule has 1 heteroatoms. The lowest BCUT2D eigenvalue weighted by atomic mass is 9.95. The molecule has 0 saturated carbocycles. The highest BCUT2D eigenvalue weighted by Gasteiger charge is 2.15. The van der Waals surface area contributed by atoms with E-state index in [9.17, 15) is 0 Å². The monoisotopic (exact) mass is 312 g/mol. The molecule has 0 nitrogen and oxygen atoms in total. The number of rotatable bonds is 2. The van der Waals surface area contributed by atoms with Gasteiger partial charge in [-0.2, -0.15) is 0 Å². The van der Waals surface area contributed by atoms with Crippen molar-refractivity contribution in [3.63, 3.8) is 0 Å². The van der Waals surface area contributed by atoms with Crippen LogP contribution >= 0.6 is 11.8 Å². The average Bonchev–Trinajstić information content (AvgIpc) is 2.50. The second kappa shape index (κ2) is 6.12. The predicted molar refractivity (Wildman–Crippen MR) is 99.6 cm³/mol. The van der Waals surface area contributed by atoms with Gasteiger partial charge < -0.3 is 0 Å². The van der Waals surface area contributed by atoms with Crippen molar-refractivity contribution in [3.05, 3.63) is 56.1 Å². The zero-order valence-corrected chi connectivity index (χ0v) is 16.3. The molecule has 118 valence electrons. The van der Waals surface area contributed by atoms with Gasteiger partial charge in [0, 0.05) is 9.79 Å². The summed E-state index contributed by atoms with van der Waals surface area (Å²) in [6, 6.07) is 2.35. The number of hydrogen-bond donors (Lipinski definition) is 0. The van der Waals surface area contributed by atoms with Crippen molar-refractivity contribution >= 4 is 11.8 Å². The third-order valence-corrected chi connectivity index (χ3v) is 7.04. The number of benzene rings is 2. The maximum absolute atomic E-state index is 2.35. The Hall–Kier alpha value is -1.21. The van der Waals surface area contributed by atoms with E-state index in [2.05, 4.69) is 68.4 Å². The van der Waals surface area contributed by atoms with Gasteiger partial charge >= 0.3 is 0 Å². The average molecular weight is 313 g/mol. The highest BCUT2D eigenvalue weighted by atomic mass is 32.2. The first kappa shape index (κ1) is 17.1. The molecular formula is C21H28S. The van der Waals surface area contributed by atoms with Crippen molar-refractivity contribution in [1.82, 2.24) is 0 Å². The van der Waals surface area contributed by atoms with Gasteiger partial charge in [0.1, 0.15) is 0 Å². The van der Waals surface area contributed by atoms with Gasteiger partial charge in [-0.05, 0) is 118 Å². The van der Waals surface area contributed by atoms with Crippen LogP contribution in [0.3, 0.4) is 0 Å². The van der Waals surface area contributed by atoms with Crippen LogP contribution in [0.2, 0.25) is 0 Å². The Morgan fingerprint density at radius 1 is 0.500 bits per heavy atom. The first-order valence-corrected chi connectivity index (χ1v) is 8.80. The van der Waals surface area contributed by atoms with Gasteiger partial charge in [-0.3, -0.25) is 0 Å². The van der Waals surface area contributed by atoms with Crippen LogP contribution in [0.5, 0.6) is 0 Å². The van der Waals surface area contributed by atoms with E-state index < -0.39 is 0 Å². The van der Waals surface area contributed by atoms with E-state index >= 15 is 0 Å². The molecule has 0 heterocycles. The minimum Gasteiger partial charge on any atom is -0.0892 e. The fourth-order valence-corrected chi connectivity index (χ4v) is 4.38. The second-order valence-corrected chi connectivity index (χ2v) is 7.67. The minimum atomic E-state index is 1.39. The van der Waals surface area contributed by atoms with Crippen LogP contribution in [0, 0.1) is 62.3 Å². The maximum atomic E-state index is 2.35. The first-order valence-electron chi connectivity index (χ1n) is 7.99. The van der Waals surface area contributed by atoms with Crippen LogP contribution in [0.1, 0.15) is 50.1 Å². The Labute approximate surface area is 140 Å². The first-order chi connectivity index (χ1) is 10.2. The normalized spacial score (nSPS) is 11.1. The van der Waals surface area contributed by atoms with Gasteiger partial charge in [0.25, 0.3) is 0 Å². The van der Waals surface area contributed by atoms with Gasteiger partial charge in [-0.1, -0.05) is 11.8 Å². The van der Waals surface area contributed by atoms with Crippen molar-refractivity contribution in [2.45, 2.75) is 72.1 Å². The molecule has 0 N–H and O–H groups in total. The van der Waals surface area contributed by atoms with Crippen LogP contribution in [0.4, 0.5) is 0 Å². The smallest absolute Gasteiger partial charge is 0.0186 e. The Balaban J connectivity index is 2.63. The van der Waals surface area contributed by atoms with Gasteiger partial charge in [0.15, 0.2) is 0 Å². The molecule has 0 bridgehead atoms. The van der Waals surface area contributed by atoms with Gasteiger partial charge in [0.05, 0.1) is 0 Å². The number of aryl methyl sites for hydroxylation is 1. The molecule has 0 radical (unpaired) electrons. The summed E-state index contributed by atoms with van der Waals surface area (Å²) in [4.78, 5) is 2.83. The quantitative estimate of drug-likeness (QED) is 0.601. The third kappa shape index (κ3) is 2.72. The summed E-state index contributed by atoms with van der Waals surface area (Å²) in [5, 5.41) is 0. The van der Waals surface area contributed by atoms with E-state index in [1.54, 1.807) is 0 Å². The second-order valence-electron chi connectivity index (χ2n) is 6.62. The van der Waals surface area contributed by atoms with Crippen LogP contribution in [0.15, 0.2) is 15.9 Å². The molecule has 0 fully saturated rings. The SMILES string of the molecule is Cc1cc(Sc2c(C)c(C)c(C)c(C)c2C)c(C)c(C)c1C. The highest BCUT2D eigenvalue weighted by molar-refractivity contribution is 7.99. The van der Waals surface area contributed by atoms with E-state index in [0.29, 0.717) is 0 Å². The molecule has 0 aliphatic carbocycles. The van der Waals surface area contributed by atoms with Crippen molar-refractivity contribution in [1.29, 1.82) is 0 Å². The van der Waals surface area contributed by atoms with Crippen LogP contribution in [0.25, 0.3) is 0 Å². The van der Waals surface area contributed by atoms with E-state index in [4.69, 9.17) is 0 Å². The molecule has 0 aromatic heterocycles. The molecule has 0 unspecified atom stereocenters. The van der Waals surface area contributed by atoms with Gasteiger partial charge in [-0.25, -0.2) is 0 Å². The molecule has 2 aromatic carbocycles. The molecule has 0 aliphatic rings. The summed E-state index contributed by atoms with van der Waals surface area (Å²) >= 11 is 1.94. The summed E-state index contributed by atoms with van der Waals surface area (Å²) < 4.78 is 0. The van der Waals surface area contributed by atoms with Crippen molar-refractivity contribution in [3.8, 4) is 0 Å². The van der Waals surface area contributed by atoms with Crippen LogP contribution in [-0.2, 0) is 0 Å². The Morgan fingerprint density at radius 3 is 1.41 bits per heavy atom. The largest absolute Gasteiger partial charge is 0.0892 e. The van der Waals surface area contributed by atoms with Gasteiger partial charge in [0.2, 0.25) is 0 Å². The lowest BCUT2D eigenvalue weighted by Gasteiger charge is -2.20. The van der Waals surface area contributed by atoms with E-state index in [0.717, 1.165) is 0 Å². The standard InChI is InChI=1S/C21H28S/c1-11-10-20(17(7)13(3)12(11)2)22-21-18(8)15(5)14(4)16(6)19(21)9/h10H,1-9H3. The summed E-state index contributed by atoms with van der Waals surface area (Å²) in [5.74, 6) is 0. The van der Waals surface area contributed by atoms with Crippen LogP contribution < -0.4 is 0 Å². The Morgan fingerprint density at radius 2 is 0.909 bits per heavy atom. The van der Waals surface area contributed by atoms with Crippen molar-refractivity contribution < 1.29 is 0 Å². The van der Waals surface area contributed by atoms with Crippen molar-refractivity contribution in [2.24, 2.45) is 0 Å². The summed E-state index contributed by atoms with van der Waals surface area (Å²) in [6.07, 6.45) is 0. The Kier molecular flexibility index (Phi) is 4.77. The predicted octanol–water partition coefficient (Wildman–Crippen LogP) is 6.61. The van der Waals surface area contributed by atoms with E-state index in [1.807, 2.05) is 11.8 Å². The van der Waals surface area contributed by atoms with Gasteiger partial charge in [-0.15, -0.1) is 0 Å². The highest BCUT2D eigenvalue weighted by Crippen LogP contribution is 2.40. The van der Waals surface area contributed by atoms with Crippen molar-refractivity contribution in [2.75, 3.05) is 0 Å². The molecular weight excluding hydrogens is 284 g/mol. The Bertz CT molecular complexity index is 722. The maximum Gasteiger partial charge on any atom is 0.0186 e. The number of hydrogen-bond acceptors (Lipinski definition) is 1. The molecule has 2 rings (SSSR count). The molecule has 0 atom stereocenters. The fraction of sp³-hybridized carbons (Fsp3) is 0.429. The molecule has 2 aromatic rings. The summed E-state index contributed by atoms with van der Waals surface area (Å²) in [7, 11) is 0. The minimum absolute atomic E-state index is 1.39. The van der Waals surface area contributed by atoms with E-state index in [1.165, 1.54) is 59.9 Å². The van der Waals surface area contributed by atoms with E-state index in [-0.39, 0.29) is 0 Å². The summed E-state index contributed by atoms with van der Waals surface area (Å²) in [6.45, 7) is 20.2. The summed E-state index contributed by atoms with van der Waals surface area (Å²) in [5.41, 5.74) is 12.8. The third-order valence-electron chi connectivity index (χ3n) is 5.58. The zero-order chi connectivity index (χ0) is 16.8. The molecule has 0 saturated heterocycles. The molecule has 0 amide bonds. The molecule has 0 aliphatic heterocycles. The zero-order valence-electron chi connectivity index (χ0n) is 15.5. The molecule has 22 heavy (non-hydrogen) atoms. The lowest BCUT2D eigenvalue weighted by molar-refractivity contribution is 1.08. The lowest BCUT2D eigenvalue weighted by Crippen LogP contribution is -1.99. The molecule has 0 spiro atoms. The van der Waals surface area contributed by atoms with Crippen LogP contribution in [-0.4, -0.2) is 0 Å².